The van der Waals surface area contributed by atoms with Gasteiger partial charge in [-0.05, 0) is 73.1 Å². The highest BCUT2D eigenvalue weighted by molar-refractivity contribution is 8.00. The Morgan fingerprint density at radius 3 is 1.45 bits per heavy atom. The zero-order chi connectivity index (χ0) is 40.0. The van der Waals surface area contributed by atoms with Crippen LogP contribution in [0.1, 0.15) is 27.8 Å². The number of fused-ring (bicyclic) bond motifs is 6. The number of nitrogens with zero attached hydrogens (tertiary/aromatic N) is 4. The van der Waals surface area contributed by atoms with Crippen molar-refractivity contribution in [2.75, 3.05) is 0 Å². The topological polar surface area (TPSA) is 62.5 Å². The van der Waals surface area contributed by atoms with Crippen LogP contribution >= 0.6 is 11.8 Å². The predicted molar refractivity (Wildman–Crippen MR) is 244 cm³/mol. The highest BCUT2D eigenvalue weighted by Crippen LogP contribution is 2.58. The van der Waals surface area contributed by atoms with Crippen LogP contribution in [0.5, 0.6) is 0 Å². The van der Waals surface area contributed by atoms with E-state index in [0.29, 0.717) is 23.0 Å². The minimum atomic E-state index is -0.616. The zero-order valence-corrected chi connectivity index (χ0v) is 33.1. The van der Waals surface area contributed by atoms with Crippen LogP contribution in [0.4, 0.5) is 0 Å². The average Bonchev–Trinajstić information content (AvgIpc) is 3.33. The van der Waals surface area contributed by atoms with E-state index in [9.17, 15) is 5.26 Å². The van der Waals surface area contributed by atoms with Crippen LogP contribution in [0.2, 0.25) is 0 Å². The highest BCUT2D eigenvalue weighted by atomic mass is 32.2. The van der Waals surface area contributed by atoms with E-state index in [4.69, 9.17) is 15.0 Å². The summed E-state index contributed by atoms with van der Waals surface area (Å²) in [5.74, 6) is 1.79. The molecule has 1 aliphatic rings. The summed E-state index contributed by atoms with van der Waals surface area (Å²) in [5.41, 5.74) is 9.64. The minimum Gasteiger partial charge on any atom is -0.208 e. The molecule has 10 aromatic rings. The molecule has 0 unspecified atom stereocenters. The molecule has 0 N–H and O–H groups in total. The quantitative estimate of drug-likeness (QED) is 0.168. The van der Waals surface area contributed by atoms with Gasteiger partial charge in [0.1, 0.15) is 0 Å². The fourth-order valence-electron chi connectivity index (χ4n) is 8.82. The Kier molecular flexibility index (Phi) is 8.65. The third kappa shape index (κ3) is 5.88. The van der Waals surface area contributed by atoms with Crippen molar-refractivity contribution in [3.8, 4) is 51.4 Å². The summed E-state index contributed by atoms with van der Waals surface area (Å²) in [7, 11) is 0. The summed E-state index contributed by atoms with van der Waals surface area (Å²) in [6, 6.07) is 74.8. The van der Waals surface area contributed by atoms with Crippen molar-refractivity contribution >= 4 is 33.3 Å². The third-order valence-corrected chi connectivity index (χ3v) is 13.0. The molecule has 9 aromatic carbocycles. The first-order valence-corrected chi connectivity index (χ1v) is 20.8. The molecule has 4 nitrogen and oxygen atoms in total. The molecule has 2 heterocycles. The molecule has 5 heteroatoms. The lowest BCUT2D eigenvalue weighted by Crippen LogP contribution is -2.34. The third-order valence-electron chi connectivity index (χ3n) is 11.7. The summed E-state index contributed by atoms with van der Waals surface area (Å²) in [6.07, 6.45) is 0. The molecule has 0 fully saturated rings. The SMILES string of the molecule is N#Cc1ccc(-c2cccc(-c3nc(-c4ccccc4)nc(-c4ccc(C5(c6ccccc6)c6ccc7ccccc7c6Sc6c5ccc5ccccc65)cc4)n3)c2)cc1. The van der Waals surface area contributed by atoms with Gasteiger partial charge in [-0.3, -0.25) is 0 Å². The second kappa shape index (κ2) is 14.6. The minimum absolute atomic E-state index is 0.588. The second-order valence-electron chi connectivity index (χ2n) is 15.1. The first kappa shape index (κ1) is 35.5. The molecule has 1 aromatic heterocycles. The molecule has 0 radical (unpaired) electrons. The molecule has 0 saturated heterocycles. The van der Waals surface area contributed by atoms with Crippen LogP contribution in [0.15, 0.2) is 216 Å². The van der Waals surface area contributed by atoms with Gasteiger partial charge < -0.3 is 0 Å². The molecule has 0 amide bonds. The van der Waals surface area contributed by atoms with Crippen LogP contribution in [0.3, 0.4) is 0 Å². The van der Waals surface area contributed by atoms with E-state index < -0.39 is 5.41 Å². The lowest BCUT2D eigenvalue weighted by molar-refractivity contribution is 0.709. The van der Waals surface area contributed by atoms with Crippen LogP contribution in [0, 0.1) is 11.3 Å². The molecule has 0 aliphatic carbocycles. The van der Waals surface area contributed by atoms with Gasteiger partial charge in [-0.1, -0.05) is 200 Å². The van der Waals surface area contributed by atoms with Crippen molar-refractivity contribution in [3.63, 3.8) is 0 Å². The maximum absolute atomic E-state index is 9.35. The first-order chi connectivity index (χ1) is 29.7. The molecule has 0 atom stereocenters. The van der Waals surface area contributed by atoms with Gasteiger partial charge in [0.15, 0.2) is 17.5 Å². The average molecular weight is 783 g/mol. The van der Waals surface area contributed by atoms with Crippen LogP contribution in [-0.4, -0.2) is 15.0 Å². The Labute approximate surface area is 352 Å². The predicted octanol–water partition coefficient (Wildman–Crippen LogP) is 13.6. The number of hydrogen-bond acceptors (Lipinski definition) is 5. The van der Waals surface area contributed by atoms with Crippen LogP contribution in [0.25, 0.3) is 66.8 Å². The lowest BCUT2D eigenvalue weighted by atomic mass is 9.64. The van der Waals surface area contributed by atoms with Gasteiger partial charge in [-0.2, -0.15) is 5.26 Å². The van der Waals surface area contributed by atoms with Gasteiger partial charge in [0.2, 0.25) is 0 Å². The molecule has 1 aliphatic heterocycles. The van der Waals surface area contributed by atoms with E-state index in [-0.39, 0.29) is 0 Å². The molecule has 0 saturated carbocycles. The molecular formula is C55H34N4S. The van der Waals surface area contributed by atoms with Gasteiger partial charge in [-0.15, -0.1) is 0 Å². The summed E-state index contributed by atoms with van der Waals surface area (Å²) in [4.78, 5) is 17.8. The van der Waals surface area contributed by atoms with Crippen molar-refractivity contribution in [1.29, 1.82) is 5.26 Å². The van der Waals surface area contributed by atoms with Gasteiger partial charge in [0.05, 0.1) is 17.0 Å². The van der Waals surface area contributed by atoms with Crippen molar-refractivity contribution in [3.05, 3.63) is 234 Å². The second-order valence-corrected chi connectivity index (χ2v) is 16.1. The zero-order valence-electron chi connectivity index (χ0n) is 32.3. The van der Waals surface area contributed by atoms with Gasteiger partial charge >= 0.3 is 0 Å². The molecule has 0 bridgehead atoms. The summed E-state index contributed by atoms with van der Waals surface area (Å²) in [6.45, 7) is 0. The standard InChI is InChI=1S/C55H34N4S/c56-35-36-22-24-37(25-23-36)42-16-11-17-43(34-42)54-58-52(40-14-3-1-4-15-40)57-53(59-54)41-26-30-45(31-27-41)55(44-18-5-2-6-19-44)48-32-28-38-12-7-9-20-46(38)50(48)60-51-47-21-10-8-13-39(47)29-33-49(51)55/h1-34H. The Balaban J connectivity index is 1.11. The Morgan fingerprint density at radius 2 is 0.850 bits per heavy atom. The van der Waals surface area contributed by atoms with Crippen molar-refractivity contribution in [1.82, 2.24) is 15.0 Å². The Hall–Kier alpha value is -7.65. The molecule has 0 spiro atoms. The molecule has 11 rings (SSSR count). The van der Waals surface area contributed by atoms with Gasteiger partial charge in [0.25, 0.3) is 0 Å². The largest absolute Gasteiger partial charge is 0.208 e. The number of rotatable bonds is 6. The van der Waals surface area contributed by atoms with Crippen molar-refractivity contribution < 1.29 is 0 Å². The molecule has 60 heavy (non-hydrogen) atoms. The number of benzene rings is 9. The fraction of sp³-hybridized carbons (Fsp3) is 0.0182. The fourth-order valence-corrected chi connectivity index (χ4v) is 10.3. The monoisotopic (exact) mass is 782 g/mol. The Morgan fingerprint density at radius 1 is 0.383 bits per heavy atom. The van der Waals surface area contributed by atoms with E-state index in [0.717, 1.165) is 27.8 Å². The first-order valence-electron chi connectivity index (χ1n) is 20.0. The van der Waals surface area contributed by atoms with E-state index >= 15 is 0 Å². The van der Waals surface area contributed by atoms with E-state index in [1.54, 1.807) is 0 Å². The Bertz CT molecular complexity index is 3200. The maximum atomic E-state index is 9.35. The molecule has 280 valence electrons. The highest BCUT2D eigenvalue weighted by Gasteiger charge is 2.45. The smallest absolute Gasteiger partial charge is 0.164 e. The number of nitriles is 1. The summed E-state index contributed by atoms with van der Waals surface area (Å²) >= 11 is 1.89. The van der Waals surface area contributed by atoms with Gasteiger partial charge in [0, 0.05) is 26.5 Å². The van der Waals surface area contributed by atoms with Crippen LogP contribution in [-0.2, 0) is 5.41 Å². The van der Waals surface area contributed by atoms with Crippen molar-refractivity contribution in [2.24, 2.45) is 0 Å². The van der Waals surface area contributed by atoms with Crippen LogP contribution < -0.4 is 0 Å². The maximum Gasteiger partial charge on any atom is 0.164 e. The number of hydrogen-bond donors (Lipinski definition) is 0. The van der Waals surface area contributed by atoms with E-state index in [2.05, 4.69) is 146 Å². The summed E-state index contributed by atoms with van der Waals surface area (Å²) in [5, 5.41) is 14.3. The van der Waals surface area contributed by atoms with Crippen molar-refractivity contribution in [2.45, 2.75) is 15.2 Å². The molecular weight excluding hydrogens is 749 g/mol. The van der Waals surface area contributed by atoms with E-state index in [1.807, 2.05) is 78.5 Å². The summed E-state index contributed by atoms with van der Waals surface area (Å²) < 4.78 is 0. The number of aromatic nitrogens is 3. The van der Waals surface area contributed by atoms with E-state index in [1.165, 1.54) is 53.6 Å². The lowest BCUT2D eigenvalue weighted by Gasteiger charge is -2.42. The normalized spacial score (nSPS) is 12.7. The van der Waals surface area contributed by atoms with Gasteiger partial charge in [-0.25, -0.2) is 15.0 Å².